The third kappa shape index (κ3) is 3.11. The second kappa shape index (κ2) is 5.38. The summed E-state index contributed by atoms with van der Waals surface area (Å²) >= 11 is 0. The van der Waals surface area contributed by atoms with E-state index in [4.69, 9.17) is 18.9 Å². The highest BCUT2D eigenvalue weighted by Gasteiger charge is 2.24. The number of rotatable bonds is 6. The molecule has 0 saturated carbocycles. The van der Waals surface area contributed by atoms with Gasteiger partial charge in [-0.25, -0.2) is 0 Å². The second-order valence-electron chi connectivity index (χ2n) is 4.04. The summed E-state index contributed by atoms with van der Waals surface area (Å²) in [6.07, 6.45) is 0.266. The van der Waals surface area contributed by atoms with E-state index in [0.29, 0.717) is 6.61 Å². The van der Waals surface area contributed by atoms with E-state index in [2.05, 4.69) is 0 Å². The number of benzene rings is 1. The second-order valence-corrected chi connectivity index (χ2v) is 4.04. The summed E-state index contributed by atoms with van der Waals surface area (Å²) in [7, 11) is 3.29. The van der Waals surface area contributed by atoms with Gasteiger partial charge in [-0.15, -0.1) is 0 Å². The van der Waals surface area contributed by atoms with Crippen molar-refractivity contribution < 1.29 is 18.9 Å². The van der Waals surface area contributed by atoms with Gasteiger partial charge >= 0.3 is 0 Å². The van der Waals surface area contributed by atoms with Gasteiger partial charge in [-0.1, -0.05) is 0 Å². The Morgan fingerprint density at radius 1 is 1.35 bits per heavy atom. The van der Waals surface area contributed by atoms with Crippen LogP contribution in [-0.2, 0) is 9.47 Å². The Kier molecular flexibility index (Phi) is 3.86. The number of hydrogen-bond acceptors (Lipinski definition) is 4. The Balaban J connectivity index is 2.06. The Bertz CT molecular complexity index is 374. The molecule has 1 aliphatic heterocycles. The van der Waals surface area contributed by atoms with Crippen molar-refractivity contribution in [2.75, 3.05) is 27.4 Å². The van der Waals surface area contributed by atoms with Gasteiger partial charge in [0.1, 0.15) is 17.6 Å². The van der Waals surface area contributed by atoms with Crippen LogP contribution in [0.5, 0.6) is 11.5 Å². The molecule has 0 unspecified atom stereocenters. The van der Waals surface area contributed by atoms with Gasteiger partial charge in [-0.3, -0.25) is 0 Å². The Labute approximate surface area is 101 Å². The van der Waals surface area contributed by atoms with E-state index in [0.717, 1.165) is 23.7 Å². The normalized spacial score (nSPS) is 19.8. The monoisotopic (exact) mass is 238 g/mol. The van der Waals surface area contributed by atoms with Crippen LogP contribution in [0.15, 0.2) is 18.2 Å². The van der Waals surface area contributed by atoms with Gasteiger partial charge in [-0.05, 0) is 19.1 Å². The van der Waals surface area contributed by atoms with Crippen molar-refractivity contribution in [2.45, 2.75) is 19.1 Å². The molecule has 1 aliphatic rings. The SMILES string of the molecule is COc1ccc([C@H](C)OC[C@H]2CO2)c(OC)c1. The van der Waals surface area contributed by atoms with Crippen LogP contribution in [0.2, 0.25) is 0 Å². The molecular weight excluding hydrogens is 220 g/mol. The summed E-state index contributed by atoms with van der Waals surface area (Å²) in [5.74, 6) is 1.57. The van der Waals surface area contributed by atoms with E-state index < -0.39 is 0 Å². The number of epoxide rings is 1. The van der Waals surface area contributed by atoms with E-state index in [1.807, 2.05) is 25.1 Å². The van der Waals surface area contributed by atoms with Crippen molar-refractivity contribution in [3.8, 4) is 11.5 Å². The van der Waals surface area contributed by atoms with Crippen LogP contribution in [-0.4, -0.2) is 33.5 Å². The molecular formula is C13H18O4. The Hall–Kier alpha value is -1.26. The molecule has 0 aromatic heterocycles. The average Bonchev–Trinajstić information content (AvgIpc) is 3.19. The van der Waals surface area contributed by atoms with Crippen molar-refractivity contribution in [3.05, 3.63) is 23.8 Å². The Morgan fingerprint density at radius 3 is 2.71 bits per heavy atom. The highest BCUT2D eigenvalue weighted by atomic mass is 16.6. The fourth-order valence-corrected chi connectivity index (χ4v) is 1.66. The molecule has 2 rings (SSSR count). The minimum absolute atomic E-state index is 0.0138. The van der Waals surface area contributed by atoms with Gasteiger partial charge in [0, 0.05) is 11.6 Å². The van der Waals surface area contributed by atoms with E-state index in [9.17, 15) is 0 Å². The predicted octanol–water partition coefficient (Wildman–Crippen LogP) is 2.18. The predicted molar refractivity (Wildman–Crippen MR) is 63.7 cm³/mol. The lowest BCUT2D eigenvalue weighted by Gasteiger charge is -2.16. The molecule has 0 spiro atoms. The highest BCUT2D eigenvalue weighted by Crippen LogP contribution is 2.31. The first-order valence-electron chi connectivity index (χ1n) is 5.69. The maximum Gasteiger partial charge on any atom is 0.128 e. The lowest BCUT2D eigenvalue weighted by Crippen LogP contribution is -2.07. The van der Waals surface area contributed by atoms with Crippen LogP contribution < -0.4 is 9.47 Å². The quantitative estimate of drug-likeness (QED) is 0.712. The summed E-state index contributed by atoms with van der Waals surface area (Å²) in [4.78, 5) is 0. The molecule has 1 aromatic rings. The molecule has 0 aliphatic carbocycles. The average molecular weight is 238 g/mol. The molecule has 0 amide bonds. The van der Waals surface area contributed by atoms with Crippen molar-refractivity contribution in [2.24, 2.45) is 0 Å². The third-order valence-electron chi connectivity index (χ3n) is 2.81. The molecule has 1 fully saturated rings. The number of methoxy groups -OCH3 is 2. The van der Waals surface area contributed by atoms with Crippen LogP contribution in [0.1, 0.15) is 18.6 Å². The molecule has 1 aromatic carbocycles. The van der Waals surface area contributed by atoms with Gasteiger partial charge in [0.05, 0.1) is 33.5 Å². The maximum atomic E-state index is 5.72. The Morgan fingerprint density at radius 2 is 2.12 bits per heavy atom. The van der Waals surface area contributed by atoms with Crippen LogP contribution >= 0.6 is 0 Å². The highest BCUT2D eigenvalue weighted by molar-refractivity contribution is 5.41. The lowest BCUT2D eigenvalue weighted by molar-refractivity contribution is 0.0524. The molecule has 0 N–H and O–H groups in total. The smallest absolute Gasteiger partial charge is 0.128 e. The first-order valence-corrected chi connectivity index (χ1v) is 5.69. The van der Waals surface area contributed by atoms with Crippen molar-refractivity contribution in [1.29, 1.82) is 0 Å². The molecule has 2 atom stereocenters. The first kappa shape index (κ1) is 12.2. The first-order chi connectivity index (χ1) is 8.24. The summed E-state index contributed by atoms with van der Waals surface area (Å²) in [6, 6.07) is 5.74. The largest absolute Gasteiger partial charge is 0.497 e. The molecule has 0 radical (unpaired) electrons. The van der Waals surface area contributed by atoms with Crippen LogP contribution in [0, 0.1) is 0 Å². The minimum atomic E-state index is -0.0138. The van der Waals surface area contributed by atoms with Gasteiger partial charge in [-0.2, -0.15) is 0 Å². The van der Waals surface area contributed by atoms with Crippen LogP contribution in [0.3, 0.4) is 0 Å². The van der Waals surface area contributed by atoms with Crippen molar-refractivity contribution in [3.63, 3.8) is 0 Å². The zero-order valence-electron chi connectivity index (χ0n) is 10.4. The van der Waals surface area contributed by atoms with Crippen LogP contribution in [0.25, 0.3) is 0 Å². The number of ether oxygens (including phenoxy) is 4. The van der Waals surface area contributed by atoms with Gasteiger partial charge in [0.2, 0.25) is 0 Å². The molecule has 17 heavy (non-hydrogen) atoms. The van der Waals surface area contributed by atoms with Crippen molar-refractivity contribution in [1.82, 2.24) is 0 Å². The molecule has 1 saturated heterocycles. The summed E-state index contributed by atoms with van der Waals surface area (Å²) < 4.78 is 21.3. The zero-order chi connectivity index (χ0) is 12.3. The molecule has 0 bridgehead atoms. The van der Waals surface area contributed by atoms with Crippen LogP contribution in [0.4, 0.5) is 0 Å². The topological polar surface area (TPSA) is 40.2 Å². The fraction of sp³-hybridized carbons (Fsp3) is 0.538. The maximum absolute atomic E-state index is 5.72. The molecule has 4 heteroatoms. The molecule has 4 nitrogen and oxygen atoms in total. The molecule has 1 heterocycles. The summed E-state index contributed by atoms with van der Waals surface area (Å²) in [6.45, 7) is 3.45. The van der Waals surface area contributed by atoms with Gasteiger partial charge in [0.15, 0.2) is 0 Å². The summed E-state index contributed by atoms with van der Waals surface area (Å²) in [5.41, 5.74) is 1.02. The van der Waals surface area contributed by atoms with E-state index in [-0.39, 0.29) is 12.2 Å². The van der Waals surface area contributed by atoms with E-state index in [1.165, 1.54) is 0 Å². The summed E-state index contributed by atoms with van der Waals surface area (Å²) in [5, 5.41) is 0. The van der Waals surface area contributed by atoms with E-state index >= 15 is 0 Å². The zero-order valence-corrected chi connectivity index (χ0v) is 10.4. The standard InChI is InChI=1S/C13H18O4/c1-9(16-7-11-8-17-11)12-5-4-10(14-2)6-13(12)15-3/h4-6,9,11H,7-8H2,1-3H3/t9-,11-/m0/s1. The van der Waals surface area contributed by atoms with Gasteiger partial charge in [0.25, 0.3) is 0 Å². The number of hydrogen-bond donors (Lipinski definition) is 0. The molecule has 94 valence electrons. The third-order valence-corrected chi connectivity index (χ3v) is 2.81. The lowest BCUT2D eigenvalue weighted by atomic mass is 10.1. The fourth-order valence-electron chi connectivity index (χ4n) is 1.66. The van der Waals surface area contributed by atoms with Gasteiger partial charge < -0.3 is 18.9 Å². The van der Waals surface area contributed by atoms with Crippen molar-refractivity contribution >= 4 is 0 Å². The minimum Gasteiger partial charge on any atom is -0.497 e. The van der Waals surface area contributed by atoms with E-state index in [1.54, 1.807) is 14.2 Å².